The molecule has 4 heteroatoms. The summed E-state index contributed by atoms with van der Waals surface area (Å²) in [6.45, 7) is 5.64. The zero-order chi connectivity index (χ0) is 17.5. The molecule has 132 valence electrons. The average molecular weight is 358 g/mol. The summed E-state index contributed by atoms with van der Waals surface area (Å²) in [5.74, 6) is 1.62. The van der Waals surface area contributed by atoms with E-state index < -0.39 is 0 Å². The predicted molar refractivity (Wildman–Crippen MR) is 103 cm³/mol. The molecule has 1 aliphatic rings. The number of allylic oxidation sites excluding steroid dienone is 1. The Balaban J connectivity index is 1.72. The van der Waals surface area contributed by atoms with Crippen molar-refractivity contribution in [1.29, 1.82) is 0 Å². The van der Waals surface area contributed by atoms with Gasteiger partial charge in [0.2, 0.25) is 0 Å². The molecule has 25 heavy (non-hydrogen) atoms. The highest BCUT2D eigenvalue weighted by Crippen LogP contribution is 2.29. The Kier molecular flexibility index (Phi) is 6.51. The average Bonchev–Trinajstić information content (AvgIpc) is 2.66. The number of ether oxygens (including phenoxy) is 2. The second kappa shape index (κ2) is 9.04. The van der Waals surface area contributed by atoms with E-state index in [9.17, 15) is 0 Å². The van der Waals surface area contributed by atoms with Crippen molar-refractivity contribution in [3.63, 3.8) is 0 Å². The van der Waals surface area contributed by atoms with Crippen LogP contribution in [0.5, 0.6) is 11.5 Å². The van der Waals surface area contributed by atoms with E-state index in [1.54, 1.807) is 0 Å². The van der Waals surface area contributed by atoms with Crippen LogP contribution >= 0.6 is 11.6 Å². The summed E-state index contributed by atoms with van der Waals surface area (Å²) in [6, 6.07) is 16.2. The molecule has 0 saturated carbocycles. The third kappa shape index (κ3) is 5.08. The summed E-state index contributed by atoms with van der Waals surface area (Å²) in [5, 5.41) is 0.708. The monoisotopic (exact) mass is 357 g/mol. The van der Waals surface area contributed by atoms with Gasteiger partial charge in [0.15, 0.2) is 0 Å². The van der Waals surface area contributed by atoms with Crippen LogP contribution in [0.3, 0.4) is 0 Å². The standard InChI is InChI=1S/C21H24ClNO2/c1-2-3-4-21(23-13-15-24-16-14-23)17-5-9-19(10-6-17)25-20-11-7-18(22)8-12-20/h2-3,5-12,21H,4,13-16H2,1H3. The molecule has 0 N–H and O–H groups in total. The lowest BCUT2D eigenvalue weighted by Gasteiger charge is -2.34. The number of hydrogen-bond acceptors (Lipinski definition) is 3. The minimum atomic E-state index is 0.379. The quantitative estimate of drug-likeness (QED) is 0.639. The van der Waals surface area contributed by atoms with Gasteiger partial charge < -0.3 is 9.47 Å². The van der Waals surface area contributed by atoms with Gasteiger partial charge in [0.1, 0.15) is 11.5 Å². The van der Waals surface area contributed by atoms with Gasteiger partial charge in [-0.1, -0.05) is 35.9 Å². The maximum atomic E-state index is 5.91. The van der Waals surface area contributed by atoms with Gasteiger partial charge in [0.25, 0.3) is 0 Å². The number of halogens is 1. The van der Waals surface area contributed by atoms with Gasteiger partial charge >= 0.3 is 0 Å². The van der Waals surface area contributed by atoms with Crippen LogP contribution in [0.2, 0.25) is 5.02 Å². The lowest BCUT2D eigenvalue weighted by Crippen LogP contribution is -2.38. The van der Waals surface area contributed by atoms with Gasteiger partial charge in [-0.25, -0.2) is 0 Å². The maximum Gasteiger partial charge on any atom is 0.127 e. The van der Waals surface area contributed by atoms with Crippen LogP contribution in [0.4, 0.5) is 0 Å². The summed E-state index contributed by atoms with van der Waals surface area (Å²) < 4.78 is 11.4. The number of hydrogen-bond donors (Lipinski definition) is 0. The van der Waals surface area contributed by atoms with Crippen molar-refractivity contribution in [1.82, 2.24) is 4.90 Å². The van der Waals surface area contributed by atoms with Gasteiger partial charge in [-0.3, -0.25) is 4.90 Å². The van der Waals surface area contributed by atoms with Gasteiger partial charge in [-0.2, -0.15) is 0 Å². The SMILES string of the molecule is CC=CCC(c1ccc(Oc2ccc(Cl)cc2)cc1)N1CCOCC1. The van der Waals surface area contributed by atoms with Crippen molar-refractivity contribution in [3.05, 3.63) is 71.3 Å². The Morgan fingerprint density at radius 1 is 1.04 bits per heavy atom. The number of rotatable bonds is 6. The Hall–Kier alpha value is -1.81. The van der Waals surface area contributed by atoms with Crippen LogP contribution in [0.25, 0.3) is 0 Å². The summed E-state index contributed by atoms with van der Waals surface area (Å²) in [6.07, 6.45) is 5.36. The van der Waals surface area contributed by atoms with Crippen molar-refractivity contribution in [2.24, 2.45) is 0 Å². The Morgan fingerprint density at radius 3 is 2.24 bits per heavy atom. The molecule has 1 atom stereocenters. The highest BCUT2D eigenvalue weighted by molar-refractivity contribution is 6.30. The van der Waals surface area contributed by atoms with Crippen molar-refractivity contribution in [2.45, 2.75) is 19.4 Å². The fourth-order valence-corrected chi connectivity index (χ4v) is 3.17. The van der Waals surface area contributed by atoms with Crippen LogP contribution in [0.1, 0.15) is 24.9 Å². The zero-order valence-electron chi connectivity index (χ0n) is 14.5. The lowest BCUT2D eigenvalue weighted by molar-refractivity contribution is 0.0166. The highest BCUT2D eigenvalue weighted by atomic mass is 35.5. The van der Waals surface area contributed by atoms with Gasteiger partial charge in [-0.15, -0.1) is 0 Å². The first-order valence-corrected chi connectivity index (χ1v) is 9.10. The first-order chi connectivity index (χ1) is 12.3. The minimum absolute atomic E-state index is 0.379. The fraction of sp³-hybridized carbons (Fsp3) is 0.333. The van der Waals surface area contributed by atoms with Gasteiger partial charge in [0.05, 0.1) is 13.2 Å². The third-order valence-electron chi connectivity index (χ3n) is 4.40. The van der Waals surface area contributed by atoms with Crippen molar-refractivity contribution >= 4 is 11.6 Å². The molecule has 3 rings (SSSR count). The smallest absolute Gasteiger partial charge is 0.127 e. The van der Waals surface area contributed by atoms with Gasteiger partial charge in [0, 0.05) is 24.2 Å². The molecular formula is C21H24ClNO2. The van der Waals surface area contributed by atoms with Crippen molar-refractivity contribution < 1.29 is 9.47 Å². The molecule has 0 amide bonds. The van der Waals surface area contributed by atoms with Crippen molar-refractivity contribution in [2.75, 3.05) is 26.3 Å². The molecular weight excluding hydrogens is 334 g/mol. The van der Waals surface area contributed by atoms with Crippen LogP contribution in [0.15, 0.2) is 60.7 Å². The normalized spacial score (nSPS) is 16.9. The van der Waals surface area contributed by atoms with Crippen molar-refractivity contribution in [3.8, 4) is 11.5 Å². The molecule has 1 heterocycles. The second-order valence-corrected chi connectivity index (χ2v) is 6.53. The third-order valence-corrected chi connectivity index (χ3v) is 4.65. The highest BCUT2D eigenvalue weighted by Gasteiger charge is 2.21. The molecule has 2 aromatic carbocycles. The van der Waals surface area contributed by atoms with E-state index in [-0.39, 0.29) is 0 Å². The Morgan fingerprint density at radius 2 is 1.64 bits per heavy atom. The molecule has 0 aromatic heterocycles. The molecule has 3 nitrogen and oxygen atoms in total. The summed E-state index contributed by atoms with van der Waals surface area (Å²) >= 11 is 5.91. The summed E-state index contributed by atoms with van der Waals surface area (Å²) in [5.41, 5.74) is 1.31. The Labute approximate surface area is 154 Å². The van der Waals surface area contributed by atoms with E-state index in [0.29, 0.717) is 11.1 Å². The molecule has 0 aliphatic carbocycles. The topological polar surface area (TPSA) is 21.7 Å². The number of nitrogens with zero attached hydrogens (tertiary/aromatic N) is 1. The number of morpholine rings is 1. The predicted octanol–water partition coefficient (Wildman–Crippen LogP) is 5.47. The molecule has 1 fully saturated rings. The molecule has 1 saturated heterocycles. The van der Waals surface area contributed by atoms with Crippen LogP contribution in [-0.2, 0) is 4.74 Å². The van der Waals surface area contributed by atoms with E-state index in [1.165, 1.54) is 5.56 Å². The maximum absolute atomic E-state index is 5.91. The second-order valence-electron chi connectivity index (χ2n) is 6.09. The first-order valence-electron chi connectivity index (χ1n) is 8.72. The lowest BCUT2D eigenvalue weighted by atomic mass is 10.0. The van der Waals surface area contributed by atoms with Crippen LogP contribution in [0, 0.1) is 0 Å². The first kappa shape index (κ1) is 18.0. The van der Waals surface area contributed by atoms with Crippen LogP contribution in [-0.4, -0.2) is 31.2 Å². The molecule has 1 unspecified atom stereocenters. The molecule has 0 radical (unpaired) electrons. The van der Waals surface area contributed by atoms with E-state index in [0.717, 1.165) is 44.2 Å². The fourth-order valence-electron chi connectivity index (χ4n) is 3.05. The number of benzene rings is 2. The van der Waals surface area contributed by atoms with E-state index in [4.69, 9.17) is 21.1 Å². The molecule has 0 spiro atoms. The Bertz CT molecular complexity index is 676. The molecule has 1 aliphatic heterocycles. The van der Waals surface area contributed by atoms with Gasteiger partial charge in [-0.05, 0) is 55.3 Å². The summed E-state index contributed by atoms with van der Waals surface area (Å²) in [4.78, 5) is 2.50. The van der Waals surface area contributed by atoms with E-state index in [1.807, 2.05) is 36.4 Å². The zero-order valence-corrected chi connectivity index (χ0v) is 15.3. The molecule has 2 aromatic rings. The van der Waals surface area contributed by atoms with Crippen LogP contribution < -0.4 is 4.74 Å². The van der Waals surface area contributed by atoms with E-state index in [2.05, 4.69) is 36.1 Å². The van der Waals surface area contributed by atoms with E-state index >= 15 is 0 Å². The summed E-state index contributed by atoms with van der Waals surface area (Å²) in [7, 11) is 0. The minimum Gasteiger partial charge on any atom is -0.457 e. The molecule has 0 bridgehead atoms. The largest absolute Gasteiger partial charge is 0.457 e.